The molecular formula is C12H15ClN2O3S. The van der Waals surface area contributed by atoms with Gasteiger partial charge in [0.1, 0.15) is 0 Å². The molecule has 0 atom stereocenters. The van der Waals surface area contributed by atoms with Crippen LogP contribution in [0, 0.1) is 0 Å². The molecule has 0 heterocycles. The van der Waals surface area contributed by atoms with Gasteiger partial charge in [0.2, 0.25) is 10.0 Å². The van der Waals surface area contributed by atoms with Crippen LogP contribution < -0.4 is 9.62 Å². The normalized spacial score (nSPS) is 15.1. The zero-order valence-electron chi connectivity index (χ0n) is 10.7. The number of halogens is 1. The van der Waals surface area contributed by atoms with Gasteiger partial charge in [-0.25, -0.2) is 8.42 Å². The van der Waals surface area contributed by atoms with Crippen LogP contribution in [-0.4, -0.2) is 33.7 Å². The summed E-state index contributed by atoms with van der Waals surface area (Å²) in [4.78, 5) is 12.0. The van der Waals surface area contributed by atoms with Crippen LogP contribution in [0.3, 0.4) is 0 Å². The predicted molar refractivity (Wildman–Crippen MR) is 75.2 cm³/mol. The zero-order valence-corrected chi connectivity index (χ0v) is 12.3. The van der Waals surface area contributed by atoms with Crippen LogP contribution in [0.2, 0.25) is 5.02 Å². The summed E-state index contributed by atoms with van der Waals surface area (Å²) >= 11 is 5.99. The molecule has 1 aromatic rings. The smallest absolute Gasteiger partial charge is 0.253 e. The van der Waals surface area contributed by atoms with Crippen molar-refractivity contribution in [3.05, 3.63) is 28.8 Å². The molecule has 1 aliphatic carbocycles. The average Bonchev–Trinajstić information content (AvgIpc) is 3.11. The van der Waals surface area contributed by atoms with Gasteiger partial charge in [-0.05, 0) is 31.0 Å². The lowest BCUT2D eigenvalue weighted by molar-refractivity contribution is 0.0951. The van der Waals surface area contributed by atoms with E-state index in [1.54, 1.807) is 6.07 Å². The third-order valence-corrected chi connectivity index (χ3v) is 4.50. The molecule has 104 valence electrons. The largest absolute Gasteiger partial charge is 0.349 e. The van der Waals surface area contributed by atoms with E-state index in [0.29, 0.717) is 16.3 Å². The monoisotopic (exact) mass is 302 g/mol. The van der Waals surface area contributed by atoms with Crippen molar-refractivity contribution in [2.45, 2.75) is 18.9 Å². The van der Waals surface area contributed by atoms with Crippen molar-refractivity contribution >= 4 is 33.2 Å². The number of rotatable bonds is 4. The minimum absolute atomic E-state index is 0.222. The van der Waals surface area contributed by atoms with E-state index in [1.807, 2.05) is 0 Å². The van der Waals surface area contributed by atoms with Gasteiger partial charge in [-0.1, -0.05) is 11.6 Å². The van der Waals surface area contributed by atoms with Crippen molar-refractivity contribution in [2.24, 2.45) is 0 Å². The molecule has 0 spiro atoms. The summed E-state index contributed by atoms with van der Waals surface area (Å²) in [7, 11) is -1.93. The van der Waals surface area contributed by atoms with Crippen molar-refractivity contribution < 1.29 is 13.2 Å². The van der Waals surface area contributed by atoms with E-state index >= 15 is 0 Å². The fourth-order valence-corrected chi connectivity index (χ4v) is 2.27. The van der Waals surface area contributed by atoms with Crippen molar-refractivity contribution in [3.8, 4) is 0 Å². The highest BCUT2D eigenvalue weighted by Gasteiger charge is 2.25. The van der Waals surface area contributed by atoms with Crippen LogP contribution in [0.5, 0.6) is 0 Å². The number of amides is 1. The maximum Gasteiger partial charge on any atom is 0.253 e. The van der Waals surface area contributed by atoms with Gasteiger partial charge < -0.3 is 5.32 Å². The molecule has 0 aromatic heterocycles. The van der Waals surface area contributed by atoms with Crippen LogP contribution in [0.4, 0.5) is 5.69 Å². The van der Waals surface area contributed by atoms with E-state index in [4.69, 9.17) is 11.6 Å². The first-order valence-corrected chi connectivity index (χ1v) is 8.06. The molecule has 1 aliphatic rings. The van der Waals surface area contributed by atoms with Gasteiger partial charge in [0.15, 0.2) is 0 Å². The Morgan fingerprint density at radius 1 is 1.42 bits per heavy atom. The Bertz CT molecular complexity index is 611. The Balaban J connectivity index is 2.30. The quantitative estimate of drug-likeness (QED) is 0.919. The molecule has 1 fully saturated rings. The number of benzene rings is 1. The Labute approximate surface area is 117 Å². The molecule has 0 saturated heterocycles. The minimum Gasteiger partial charge on any atom is -0.349 e. The van der Waals surface area contributed by atoms with Crippen LogP contribution in [-0.2, 0) is 10.0 Å². The molecule has 0 bridgehead atoms. The Kier molecular flexibility index (Phi) is 3.73. The van der Waals surface area contributed by atoms with Crippen LogP contribution in [0.15, 0.2) is 18.2 Å². The fourth-order valence-electron chi connectivity index (χ4n) is 1.57. The third-order valence-electron chi connectivity index (χ3n) is 2.97. The van der Waals surface area contributed by atoms with E-state index in [9.17, 15) is 13.2 Å². The topological polar surface area (TPSA) is 66.5 Å². The number of anilines is 1. The van der Waals surface area contributed by atoms with Crippen molar-refractivity contribution in [3.63, 3.8) is 0 Å². The van der Waals surface area contributed by atoms with E-state index in [-0.39, 0.29) is 11.9 Å². The van der Waals surface area contributed by atoms with Gasteiger partial charge in [0.25, 0.3) is 5.91 Å². The molecule has 7 heteroatoms. The number of nitrogens with one attached hydrogen (secondary N) is 1. The van der Waals surface area contributed by atoms with Crippen molar-refractivity contribution in [2.75, 3.05) is 17.6 Å². The highest BCUT2D eigenvalue weighted by atomic mass is 35.5. The number of carbonyl (C=O) groups excluding carboxylic acids is 1. The number of hydrogen-bond donors (Lipinski definition) is 1. The molecule has 1 N–H and O–H groups in total. The van der Waals surface area contributed by atoms with Crippen LogP contribution in [0.1, 0.15) is 23.2 Å². The van der Waals surface area contributed by atoms with E-state index < -0.39 is 10.0 Å². The first kappa shape index (κ1) is 14.1. The number of carbonyl (C=O) groups is 1. The molecule has 1 saturated carbocycles. The van der Waals surface area contributed by atoms with Gasteiger partial charge in [-0.15, -0.1) is 0 Å². The van der Waals surface area contributed by atoms with Gasteiger partial charge in [0, 0.05) is 13.1 Å². The predicted octanol–water partition coefficient (Wildman–Crippen LogP) is 1.63. The lowest BCUT2D eigenvalue weighted by Crippen LogP contribution is -2.27. The van der Waals surface area contributed by atoms with Crippen molar-refractivity contribution in [1.82, 2.24) is 5.32 Å². The maximum atomic E-state index is 12.0. The van der Waals surface area contributed by atoms with Crippen LogP contribution in [0.25, 0.3) is 0 Å². The second-order valence-corrected chi connectivity index (χ2v) is 7.06. The number of sulfonamides is 1. The SMILES string of the molecule is CN(c1ccc(Cl)c(C(=O)NC2CC2)c1)S(C)(=O)=O. The summed E-state index contributed by atoms with van der Waals surface area (Å²) < 4.78 is 24.1. The molecule has 5 nitrogen and oxygen atoms in total. The summed E-state index contributed by atoms with van der Waals surface area (Å²) in [6.07, 6.45) is 3.06. The van der Waals surface area contributed by atoms with Gasteiger partial charge in [0.05, 0.1) is 22.5 Å². The molecule has 19 heavy (non-hydrogen) atoms. The minimum atomic E-state index is -3.36. The molecule has 2 rings (SSSR count). The first-order chi connectivity index (χ1) is 8.79. The standard InChI is InChI=1S/C12H15ClN2O3S/c1-15(19(2,17)18)9-5-6-11(13)10(7-9)12(16)14-8-3-4-8/h5-8H,3-4H2,1-2H3,(H,14,16). The third kappa shape index (κ3) is 3.39. The molecule has 0 aliphatic heterocycles. The Hall–Kier alpha value is -1.27. The van der Waals surface area contributed by atoms with Crippen molar-refractivity contribution in [1.29, 1.82) is 0 Å². The zero-order chi connectivity index (χ0) is 14.2. The summed E-state index contributed by atoms with van der Waals surface area (Å²) in [6.45, 7) is 0. The lowest BCUT2D eigenvalue weighted by Gasteiger charge is -2.17. The highest BCUT2D eigenvalue weighted by molar-refractivity contribution is 7.92. The fraction of sp³-hybridized carbons (Fsp3) is 0.417. The number of nitrogens with zero attached hydrogens (tertiary/aromatic N) is 1. The summed E-state index contributed by atoms with van der Waals surface area (Å²) in [5.74, 6) is -0.267. The van der Waals surface area contributed by atoms with E-state index in [1.165, 1.54) is 19.2 Å². The van der Waals surface area contributed by atoms with Crippen LogP contribution >= 0.6 is 11.6 Å². The molecular weight excluding hydrogens is 288 g/mol. The van der Waals surface area contributed by atoms with Gasteiger partial charge in [-0.2, -0.15) is 0 Å². The second-order valence-electron chi connectivity index (χ2n) is 4.64. The highest BCUT2D eigenvalue weighted by Crippen LogP contribution is 2.25. The molecule has 0 unspecified atom stereocenters. The lowest BCUT2D eigenvalue weighted by atomic mass is 10.2. The average molecular weight is 303 g/mol. The number of hydrogen-bond acceptors (Lipinski definition) is 3. The Morgan fingerprint density at radius 3 is 2.58 bits per heavy atom. The Morgan fingerprint density at radius 2 is 2.05 bits per heavy atom. The van der Waals surface area contributed by atoms with Gasteiger partial charge in [-0.3, -0.25) is 9.10 Å². The maximum absolute atomic E-state index is 12.0. The molecule has 1 amide bonds. The first-order valence-electron chi connectivity index (χ1n) is 5.83. The summed E-state index contributed by atoms with van der Waals surface area (Å²) in [5, 5.41) is 3.13. The summed E-state index contributed by atoms with van der Waals surface area (Å²) in [6, 6.07) is 4.80. The summed E-state index contributed by atoms with van der Waals surface area (Å²) in [5.41, 5.74) is 0.703. The van der Waals surface area contributed by atoms with E-state index in [2.05, 4.69) is 5.32 Å². The van der Waals surface area contributed by atoms with E-state index in [0.717, 1.165) is 23.4 Å². The molecule has 1 aromatic carbocycles. The molecule has 0 radical (unpaired) electrons. The van der Waals surface area contributed by atoms with Gasteiger partial charge >= 0.3 is 0 Å². The second kappa shape index (κ2) is 5.02.